The molecule has 1 unspecified atom stereocenters. The number of amides is 2. The molecular weight excluding hydrogens is 266 g/mol. The Labute approximate surface area is 125 Å². The van der Waals surface area contributed by atoms with Crippen molar-refractivity contribution in [1.29, 1.82) is 0 Å². The first-order chi connectivity index (χ1) is 10.1. The summed E-state index contributed by atoms with van der Waals surface area (Å²) in [6.07, 6.45) is 2.60. The molecule has 0 aliphatic rings. The lowest BCUT2D eigenvalue weighted by atomic mass is 10.2. The topological polar surface area (TPSA) is 70.2 Å². The Morgan fingerprint density at radius 3 is 2.52 bits per heavy atom. The van der Waals surface area contributed by atoms with E-state index in [4.69, 9.17) is 0 Å². The highest BCUT2D eigenvalue weighted by atomic mass is 16.2. The van der Waals surface area contributed by atoms with Gasteiger partial charge >= 0.3 is 0 Å². The lowest BCUT2D eigenvalue weighted by Gasteiger charge is -2.11. The fraction of sp³-hybridized carbons (Fsp3) is 0.375. The number of carbonyl (C=O) groups excluding carboxylic acids is 2. The van der Waals surface area contributed by atoms with Crippen molar-refractivity contribution in [2.75, 3.05) is 18.4 Å². The molecule has 1 rings (SSSR count). The molecule has 0 radical (unpaired) electrons. The van der Waals surface area contributed by atoms with Gasteiger partial charge in [-0.05, 0) is 37.6 Å². The standard InChI is InChI=1S/C16H23N3O2/c1-4-10-17-16(21)13-6-8-14(9-7-13)19-15(20)11-18-12(3)5-2/h4,6-9,12,18H,1,5,10-11H2,2-3H3,(H,17,21)(H,19,20). The normalized spacial score (nSPS) is 11.5. The molecule has 0 aliphatic carbocycles. The zero-order valence-corrected chi connectivity index (χ0v) is 12.6. The van der Waals surface area contributed by atoms with E-state index in [-0.39, 0.29) is 18.4 Å². The molecule has 0 heterocycles. The van der Waals surface area contributed by atoms with Gasteiger partial charge in [-0.15, -0.1) is 6.58 Å². The number of benzene rings is 1. The van der Waals surface area contributed by atoms with E-state index in [1.54, 1.807) is 30.3 Å². The van der Waals surface area contributed by atoms with E-state index in [9.17, 15) is 9.59 Å². The van der Waals surface area contributed by atoms with Crippen molar-refractivity contribution < 1.29 is 9.59 Å². The van der Waals surface area contributed by atoms with Crippen LogP contribution in [0.3, 0.4) is 0 Å². The number of anilines is 1. The van der Waals surface area contributed by atoms with Gasteiger partial charge in [0.05, 0.1) is 6.54 Å². The van der Waals surface area contributed by atoms with Crippen molar-refractivity contribution in [3.05, 3.63) is 42.5 Å². The minimum Gasteiger partial charge on any atom is -0.349 e. The van der Waals surface area contributed by atoms with Crippen LogP contribution in [0.1, 0.15) is 30.6 Å². The van der Waals surface area contributed by atoms with Crippen molar-refractivity contribution in [3.8, 4) is 0 Å². The summed E-state index contributed by atoms with van der Waals surface area (Å²) in [7, 11) is 0. The van der Waals surface area contributed by atoms with Crippen LogP contribution in [0.25, 0.3) is 0 Å². The fourth-order valence-corrected chi connectivity index (χ4v) is 1.59. The van der Waals surface area contributed by atoms with E-state index < -0.39 is 0 Å². The predicted molar refractivity (Wildman–Crippen MR) is 85.4 cm³/mol. The van der Waals surface area contributed by atoms with Crippen molar-refractivity contribution in [2.24, 2.45) is 0 Å². The van der Waals surface area contributed by atoms with Crippen molar-refractivity contribution >= 4 is 17.5 Å². The maximum Gasteiger partial charge on any atom is 0.251 e. The highest BCUT2D eigenvalue weighted by molar-refractivity contribution is 5.96. The Balaban J connectivity index is 2.48. The summed E-state index contributed by atoms with van der Waals surface area (Å²) in [6, 6.07) is 7.09. The number of hydrogen-bond donors (Lipinski definition) is 3. The molecule has 1 atom stereocenters. The summed E-state index contributed by atoms with van der Waals surface area (Å²) in [5.41, 5.74) is 1.22. The van der Waals surface area contributed by atoms with Crippen LogP contribution in [0.2, 0.25) is 0 Å². The van der Waals surface area contributed by atoms with Gasteiger partial charge in [-0.1, -0.05) is 13.0 Å². The number of hydrogen-bond acceptors (Lipinski definition) is 3. The van der Waals surface area contributed by atoms with Crippen LogP contribution in [0, 0.1) is 0 Å². The molecule has 0 bridgehead atoms. The molecule has 1 aromatic rings. The van der Waals surface area contributed by atoms with E-state index in [2.05, 4.69) is 29.5 Å². The van der Waals surface area contributed by atoms with E-state index in [0.29, 0.717) is 23.8 Å². The predicted octanol–water partition coefficient (Wildman–Crippen LogP) is 1.93. The summed E-state index contributed by atoms with van der Waals surface area (Å²) in [5.74, 6) is -0.259. The average molecular weight is 289 g/mol. The molecule has 0 spiro atoms. The van der Waals surface area contributed by atoms with Crippen LogP contribution in [0.4, 0.5) is 5.69 Å². The molecule has 0 saturated carbocycles. The minimum atomic E-state index is -0.161. The van der Waals surface area contributed by atoms with Crippen molar-refractivity contribution in [3.63, 3.8) is 0 Å². The maximum atomic E-state index is 11.7. The molecule has 1 aromatic carbocycles. The van der Waals surface area contributed by atoms with E-state index in [1.807, 2.05) is 6.92 Å². The largest absolute Gasteiger partial charge is 0.349 e. The van der Waals surface area contributed by atoms with Gasteiger partial charge in [0, 0.05) is 23.8 Å². The Hall–Kier alpha value is -2.14. The van der Waals surface area contributed by atoms with E-state index in [1.165, 1.54) is 0 Å². The second kappa shape index (κ2) is 8.92. The summed E-state index contributed by atoms with van der Waals surface area (Å²) >= 11 is 0. The third kappa shape index (κ3) is 6.23. The molecule has 2 amide bonds. The minimum absolute atomic E-state index is 0.0980. The molecule has 3 N–H and O–H groups in total. The third-order valence-electron chi connectivity index (χ3n) is 3.06. The SMILES string of the molecule is C=CCNC(=O)c1ccc(NC(=O)CNC(C)CC)cc1. The van der Waals surface area contributed by atoms with E-state index >= 15 is 0 Å². The van der Waals surface area contributed by atoms with Gasteiger partial charge in [0.25, 0.3) is 5.91 Å². The number of nitrogens with one attached hydrogen (secondary N) is 3. The molecule has 0 saturated heterocycles. The van der Waals surface area contributed by atoms with Gasteiger partial charge in [-0.25, -0.2) is 0 Å². The monoisotopic (exact) mass is 289 g/mol. The van der Waals surface area contributed by atoms with Crippen LogP contribution in [0.5, 0.6) is 0 Å². The van der Waals surface area contributed by atoms with Crippen LogP contribution < -0.4 is 16.0 Å². The number of rotatable bonds is 8. The van der Waals surface area contributed by atoms with Crippen LogP contribution in [0.15, 0.2) is 36.9 Å². The average Bonchev–Trinajstić information content (AvgIpc) is 2.50. The van der Waals surface area contributed by atoms with E-state index in [0.717, 1.165) is 6.42 Å². The second-order valence-corrected chi connectivity index (χ2v) is 4.81. The summed E-state index contributed by atoms with van der Waals surface area (Å²) in [5, 5.41) is 8.59. The van der Waals surface area contributed by atoms with Gasteiger partial charge in [-0.2, -0.15) is 0 Å². The second-order valence-electron chi connectivity index (χ2n) is 4.81. The molecule has 5 heteroatoms. The first-order valence-corrected chi connectivity index (χ1v) is 7.09. The first-order valence-electron chi connectivity index (χ1n) is 7.09. The Morgan fingerprint density at radius 1 is 1.29 bits per heavy atom. The molecule has 0 aromatic heterocycles. The van der Waals surface area contributed by atoms with Gasteiger partial charge in [0.2, 0.25) is 5.91 Å². The summed E-state index contributed by atoms with van der Waals surface area (Å²) < 4.78 is 0. The zero-order valence-electron chi connectivity index (χ0n) is 12.6. The van der Waals surface area contributed by atoms with Gasteiger partial charge < -0.3 is 16.0 Å². The highest BCUT2D eigenvalue weighted by Crippen LogP contribution is 2.09. The molecule has 0 aliphatic heterocycles. The Kier molecular flexibility index (Phi) is 7.18. The van der Waals surface area contributed by atoms with Gasteiger partial charge in [0.1, 0.15) is 0 Å². The number of carbonyl (C=O) groups is 2. The Morgan fingerprint density at radius 2 is 1.95 bits per heavy atom. The smallest absolute Gasteiger partial charge is 0.251 e. The summed E-state index contributed by atoms with van der Waals surface area (Å²) in [6.45, 7) is 8.34. The third-order valence-corrected chi connectivity index (χ3v) is 3.06. The molecule has 0 fully saturated rings. The van der Waals surface area contributed by atoms with Crippen LogP contribution >= 0.6 is 0 Å². The lowest BCUT2D eigenvalue weighted by molar-refractivity contribution is -0.115. The Bertz CT molecular complexity index is 483. The van der Waals surface area contributed by atoms with Crippen molar-refractivity contribution in [1.82, 2.24) is 10.6 Å². The molecule has 21 heavy (non-hydrogen) atoms. The first kappa shape index (κ1) is 16.9. The van der Waals surface area contributed by atoms with Crippen LogP contribution in [-0.4, -0.2) is 30.9 Å². The molecule has 5 nitrogen and oxygen atoms in total. The fourth-order valence-electron chi connectivity index (χ4n) is 1.59. The highest BCUT2D eigenvalue weighted by Gasteiger charge is 2.06. The maximum absolute atomic E-state index is 11.7. The van der Waals surface area contributed by atoms with Gasteiger partial charge in [0.15, 0.2) is 0 Å². The molecule has 114 valence electrons. The van der Waals surface area contributed by atoms with Crippen molar-refractivity contribution in [2.45, 2.75) is 26.3 Å². The van der Waals surface area contributed by atoms with Crippen LogP contribution in [-0.2, 0) is 4.79 Å². The zero-order chi connectivity index (χ0) is 15.7. The molecular formula is C16H23N3O2. The summed E-state index contributed by atoms with van der Waals surface area (Å²) in [4.78, 5) is 23.4. The quantitative estimate of drug-likeness (QED) is 0.640. The lowest BCUT2D eigenvalue weighted by Crippen LogP contribution is -2.33. The van der Waals surface area contributed by atoms with Gasteiger partial charge in [-0.3, -0.25) is 9.59 Å².